The van der Waals surface area contributed by atoms with Crippen molar-refractivity contribution < 1.29 is 0 Å². The Morgan fingerprint density at radius 3 is 3.07 bits per heavy atom. The molecule has 0 amide bonds. The summed E-state index contributed by atoms with van der Waals surface area (Å²) in [4.78, 5) is 6.58. The number of rotatable bonds is 5. The van der Waals surface area contributed by atoms with Gasteiger partial charge >= 0.3 is 0 Å². The first-order chi connectivity index (χ1) is 7.38. The van der Waals surface area contributed by atoms with Crippen LogP contribution >= 0.6 is 0 Å². The molecule has 1 aliphatic rings. The van der Waals surface area contributed by atoms with Gasteiger partial charge in [0.25, 0.3) is 0 Å². The monoisotopic (exact) mass is 208 g/mol. The second-order valence-corrected chi connectivity index (χ2v) is 4.23. The molecule has 1 fully saturated rings. The van der Waals surface area contributed by atoms with Gasteiger partial charge in [-0.1, -0.05) is 0 Å². The third-order valence-electron chi connectivity index (χ3n) is 3.13. The van der Waals surface area contributed by atoms with Crippen molar-refractivity contribution in [2.45, 2.75) is 25.4 Å². The second-order valence-electron chi connectivity index (χ2n) is 4.23. The zero-order valence-electron chi connectivity index (χ0n) is 9.39. The summed E-state index contributed by atoms with van der Waals surface area (Å²) in [6.07, 6.45) is 8.27. The summed E-state index contributed by atoms with van der Waals surface area (Å²) < 4.78 is 2.14. The van der Waals surface area contributed by atoms with E-state index in [-0.39, 0.29) is 0 Å². The van der Waals surface area contributed by atoms with Crippen LogP contribution in [0.25, 0.3) is 0 Å². The van der Waals surface area contributed by atoms with E-state index in [1.54, 1.807) is 0 Å². The molecule has 1 N–H and O–H groups in total. The third-order valence-corrected chi connectivity index (χ3v) is 3.13. The van der Waals surface area contributed by atoms with Gasteiger partial charge in [-0.2, -0.15) is 0 Å². The highest BCUT2D eigenvalue weighted by molar-refractivity contribution is 4.80. The molecule has 0 aromatic carbocycles. The molecule has 1 aliphatic heterocycles. The number of imidazole rings is 1. The first-order valence-electron chi connectivity index (χ1n) is 5.74. The Morgan fingerprint density at radius 2 is 2.40 bits per heavy atom. The van der Waals surface area contributed by atoms with Crippen molar-refractivity contribution in [2.24, 2.45) is 0 Å². The summed E-state index contributed by atoms with van der Waals surface area (Å²) in [6.45, 7) is 4.74. The fourth-order valence-electron chi connectivity index (χ4n) is 2.17. The topological polar surface area (TPSA) is 33.1 Å². The first-order valence-corrected chi connectivity index (χ1v) is 5.74. The second kappa shape index (κ2) is 5.28. The average Bonchev–Trinajstić information content (AvgIpc) is 2.88. The zero-order chi connectivity index (χ0) is 10.5. The number of nitrogens with one attached hydrogen (secondary N) is 1. The lowest BCUT2D eigenvalue weighted by molar-refractivity contribution is 0.317. The van der Waals surface area contributed by atoms with Crippen LogP contribution < -0.4 is 5.32 Å². The van der Waals surface area contributed by atoms with Crippen molar-refractivity contribution in [3.8, 4) is 0 Å². The van der Waals surface area contributed by atoms with Crippen LogP contribution in [0, 0.1) is 0 Å². The Labute approximate surface area is 91.3 Å². The molecular formula is C11H20N4. The molecular weight excluding hydrogens is 188 g/mol. The maximum absolute atomic E-state index is 4.04. The van der Waals surface area contributed by atoms with Crippen LogP contribution in [0.15, 0.2) is 18.7 Å². The highest BCUT2D eigenvalue weighted by Crippen LogP contribution is 2.08. The molecule has 0 bridgehead atoms. The van der Waals surface area contributed by atoms with Crippen LogP contribution in [0.1, 0.15) is 12.8 Å². The molecule has 0 radical (unpaired) electrons. The fraction of sp³-hybridized carbons (Fsp3) is 0.727. The van der Waals surface area contributed by atoms with E-state index >= 15 is 0 Å². The molecule has 1 aromatic heterocycles. The quantitative estimate of drug-likeness (QED) is 0.768. The van der Waals surface area contributed by atoms with Crippen molar-refractivity contribution in [2.75, 3.05) is 26.7 Å². The predicted octanol–water partition coefficient (Wildman–Crippen LogP) is 0.567. The van der Waals surface area contributed by atoms with E-state index in [4.69, 9.17) is 0 Å². The molecule has 0 aliphatic carbocycles. The summed E-state index contributed by atoms with van der Waals surface area (Å²) in [5.74, 6) is 0. The van der Waals surface area contributed by atoms with Crippen LogP contribution in [0.2, 0.25) is 0 Å². The van der Waals surface area contributed by atoms with Gasteiger partial charge in [-0.25, -0.2) is 4.98 Å². The van der Waals surface area contributed by atoms with Crippen LogP contribution in [-0.4, -0.2) is 47.2 Å². The number of hydrogen-bond acceptors (Lipinski definition) is 3. The molecule has 4 nitrogen and oxygen atoms in total. The fourth-order valence-corrected chi connectivity index (χ4v) is 2.17. The molecule has 0 saturated carbocycles. The number of nitrogens with zero attached hydrogens (tertiary/aromatic N) is 3. The van der Waals surface area contributed by atoms with E-state index in [1.165, 1.54) is 32.5 Å². The molecule has 1 unspecified atom stereocenters. The molecule has 0 spiro atoms. The van der Waals surface area contributed by atoms with E-state index in [9.17, 15) is 0 Å². The van der Waals surface area contributed by atoms with Crippen molar-refractivity contribution in [1.82, 2.24) is 19.8 Å². The van der Waals surface area contributed by atoms with Gasteiger partial charge in [0, 0.05) is 31.5 Å². The maximum atomic E-state index is 4.04. The molecule has 1 atom stereocenters. The third kappa shape index (κ3) is 3.04. The maximum Gasteiger partial charge on any atom is 0.0945 e. The Balaban J connectivity index is 1.63. The van der Waals surface area contributed by atoms with E-state index in [2.05, 4.69) is 26.8 Å². The van der Waals surface area contributed by atoms with Gasteiger partial charge in [0.1, 0.15) is 0 Å². The molecule has 2 rings (SSSR count). The van der Waals surface area contributed by atoms with Gasteiger partial charge < -0.3 is 14.8 Å². The van der Waals surface area contributed by atoms with E-state index in [0.29, 0.717) is 6.04 Å². The molecule has 15 heavy (non-hydrogen) atoms. The van der Waals surface area contributed by atoms with Crippen LogP contribution in [0.4, 0.5) is 0 Å². The zero-order valence-corrected chi connectivity index (χ0v) is 9.39. The van der Waals surface area contributed by atoms with Crippen molar-refractivity contribution in [3.63, 3.8) is 0 Å². The molecule has 84 valence electrons. The Bertz CT molecular complexity index is 270. The predicted molar refractivity (Wildman–Crippen MR) is 60.7 cm³/mol. The van der Waals surface area contributed by atoms with Gasteiger partial charge in [-0.3, -0.25) is 0 Å². The lowest BCUT2D eigenvalue weighted by atomic mass is 10.3. The average molecular weight is 208 g/mol. The number of hydrogen-bond donors (Lipinski definition) is 1. The highest BCUT2D eigenvalue weighted by atomic mass is 15.2. The Hall–Kier alpha value is -0.870. The number of likely N-dealkylation sites (tertiary alicyclic amines) is 1. The Kier molecular flexibility index (Phi) is 3.75. The van der Waals surface area contributed by atoms with E-state index in [1.807, 2.05) is 18.7 Å². The standard InChI is InChI=1S/C11H20N4/c1-12-11-3-7-14(9-11)5-2-6-15-8-4-13-10-15/h4,8,10-12H,2-3,5-7,9H2,1H3. The molecule has 1 saturated heterocycles. The van der Waals surface area contributed by atoms with Gasteiger partial charge in [-0.15, -0.1) is 0 Å². The molecule has 4 heteroatoms. The van der Waals surface area contributed by atoms with Crippen molar-refractivity contribution in [3.05, 3.63) is 18.7 Å². The Morgan fingerprint density at radius 1 is 1.47 bits per heavy atom. The van der Waals surface area contributed by atoms with Crippen molar-refractivity contribution in [1.29, 1.82) is 0 Å². The molecule has 2 heterocycles. The molecule has 1 aromatic rings. The van der Waals surface area contributed by atoms with Gasteiger partial charge in [0.05, 0.1) is 6.33 Å². The number of aryl methyl sites for hydroxylation is 1. The van der Waals surface area contributed by atoms with Crippen LogP contribution in [0.3, 0.4) is 0 Å². The summed E-state index contributed by atoms with van der Waals surface area (Å²) in [5, 5.41) is 3.34. The summed E-state index contributed by atoms with van der Waals surface area (Å²) >= 11 is 0. The summed E-state index contributed by atoms with van der Waals surface area (Å²) in [5.41, 5.74) is 0. The number of aromatic nitrogens is 2. The highest BCUT2D eigenvalue weighted by Gasteiger charge is 2.19. The van der Waals surface area contributed by atoms with Crippen molar-refractivity contribution >= 4 is 0 Å². The number of likely N-dealkylation sites (N-methyl/N-ethyl adjacent to an activating group) is 1. The van der Waals surface area contributed by atoms with Crippen LogP contribution in [-0.2, 0) is 6.54 Å². The minimum Gasteiger partial charge on any atom is -0.337 e. The van der Waals surface area contributed by atoms with E-state index in [0.717, 1.165) is 6.54 Å². The lowest BCUT2D eigenvalue weighted by Crippen LogP contribution is -2.30. The minimum absolute atomic E-state index is 0.707. The minimum atomic E-state index is 0.707. The van der Waals surface area contributed by atoms with E-state index < -0.39 is 0 Å². The summed E-state index contributed by atoms with van der Waals surface area (Å²) in [7, 11) is 2.06. The van der Waals surface area contributed by atoms with Crippen LogP contribution in [0.5, 0.6) is 0 Å². The smallest absolute Gasteiger partial charge is 0.0945 e. The van der Waals surface area contributed by atoms with Gasteiger partial charge in [-0.05, 0) is 33.0 Å². The van der Waals surface area contributed by atoms with Gasteiger partial charge in [0.2, 0.25) is 0 Å². The summed E-state index contributed by atoms with van der Waals surface area (Å²) in [6, 6.07) is 0.707. The lowest BCUT2D eigenvalue weighted by Gasteiger charge is -2.15. The first kappa shape index (κ1) is 10.6. The SMILES string of the molecule is CNC1CCN(CCCn2ccnc2)C1. The normalized spacial score (nSPS) is 22.3. The largest absolute Gasteiger partial charge is 0.337 e. The van der Waals surface area contributed by atoms with Gasteiger partial charge in [0.15, 0.2) is 0 Å².